The van der Waals surface area contributed by atoms with Gasteiger partial charge >= 0.3 is 0 Å². The Labute approximate surface area is 95.8 Å². The number of aliphatic imine (C=N–C) groups is 1. The Morgan fingerprint density at radius 3 is 2.75 bits per heavy atom. The zero-order chi connectivity index (χ0) is 11.3. The van der Waals surface area contributed by atoms with E-state index in [9.17, 15) is 0 Å². The number of guanidine groups is 1. The van der Waals surface area contributed by atoms with E-state index in [0.717, 1.165) is 5.56 Å². The monoisotopic (exact) mass is 225 g/mol. The summed E-state index contributed by atoms with van der Waals surface area (Å²) in [6.45, 7) is 4.71. The van der Waals surface area contributed by atoms with Crippen LogP contribution in [0.4, 0.5) is 5.82 Å². The highest BCUT2D eigenvalue weighted by atomic mass is 16.5. The Bertz CT molecular complexity index is 360. The first-order valence-electron chi connectivity index (χ1n) is 4.63. The van der Waals surface area contributed by atoms with Crippen LogP contribution in [0.5, 0.6) is 0 Å². The Hall–Kier alpha value is -1.69. The highest BCUT2D eigenvalue weighted by Gasteiger charge is 2.04. The van der Waals surface area contributed by atoms with Crippen molar-refractivity contribution >= 4 is 11.8 Å². The van der Waals surface area contributed by atoms with Crippen LogP contribution in [-0.2, 0) is 11.3 Å². The van der Waals surface area contributed by atoms with Gasteiger partial charge in [-0.1, -0.05) is 7.43 Å². The maximum absolute atomic E-state index is 5.30. The fraction of sp³-hybridized carbons (Fsp3) is 0.500. The van der Waals surface area contributed by atoms with E-state index in [1.54, 1.807) is 13.1 Å². The molecule has 1 aromatic rings. The fourth-order valence-electron chi connectivity index (χ4n) is 1.02. The van der Waals surface area contributed by atoms with Crippen LogP contribution < -0.4 is 11.5 Å². The van der Waals surface area contributed by atoms with Gasteiger partial charge in [0.1, 0.15) is 5.82 Å². The number of rotatable bonds is 4. The SMILES string of the molecule is C.CCOCc1cnc(C)nc1N=C(N)N. The molecule has 0 fully saturated rings. The van der Waals surface area contributed by atoms with E-state index in [4.69, 9.17) is 16.2 Å². The summed E-state index contributed by atoms with van der Waals surface area (Å²) >= 11 is 0. The molecule has 6 nitrogen and oxygen atoms in total. The number of nitrogens with two attached hydrogens (primary N) is 2. The van der Waals surface area contributed by atoms with E-state index < -0.39 is 0 Å². The maximum atomic E-state index is 5.30. The molecular weight excluding hydrogens is 206 g/mol. The molecule has 0 radical (unpaired) electrons. The first kappa shape index (κ1) is 14.3. The van der Waals surface area contributed by atoms with Crippen LogP contribution in [0.15, 0.2) is 11.2 Å². The summed E-state index contributed by atoms with van der Waals surface area (Å²) in [6, 6.07) is 0. The van der Waals surface area contributed by atoms with E-state index in [-0.39, 0.29) is 13.4 Å². The minimum atomic E-state index is -0.0224. The van der Waals surface area contributed by atoms with Crippen molar-refractivity contribution < 1.29 is 4.74 Å². The molecule has 0 bridgehead atoms. The lowest BCUT2D eigenvalue weighted by molar-refractivity contribution is 0.134. The van der Waals surface area contributed by atoms with Crippen molar-refractivity contribution in [2.75, 3.05) is 6.61 Å². The van der Waals surface area contributed by atoms with Gasteiger partial charge in [0.05, 0.1) is 6.61 Å². The molecule has 0 unspecified atom stereocenters. The second-order valence-corrected chi connectivity index (χ2v) is 2.94. The molecule has 0 atom stereocenters. The molecule has 0 aliphatic rings. The average Bonchev–Trinajstić information content (AvgIpc) is 2.16. The molecule has 16 heavy (non-hydrogen) atoms. The molecule has 6 heteroatoms. The number of ether oxygens (including phenoxy) is 1. The molecule has 0 aliphatic heterocycles. The van der Waals surface area contributed by atoms with Gasteiger partial charge in [0.15, 0.2) is 11.8 Å². The third kappa shape index (κ3) is 4.22. The van der Waals surface area contributed by atoms with E-state index >= 15 is 0 Å². The summed E-state index contributed by atoms with van der Waals surface area (Å²) in [5.74, 6) is 1.07. The van der Waals surface area contributed by atoms with Crippen molar-refractivity contribution in [3.05, 3.63) is 17.6 Å². The molecule has 0 saturated carbocycles. The molecule has 1 aromatic heterocycles. The Morgan fingerprint density at radius 2 is 2.19 bits per heavy atom. The van der Waals surface area contributed by atoms with Gasteiger partial charge in [0, 0.05) is 18.4 Å². The van der Waals surface area contributed by atoms with Crippen LogP contribution >= 0.6 is 0 Å². The lowest BCUT2D eigenvalue weighted by Crippen LogP contribution is -2.22. The molecule has 0 amide bonds. The van der Waals surface area contributed by atoms with E-state index in [0.29, 0.717) is 24.9 Å². The standard InChI is InChI=1S/C9H15N5O.CH4/c1-3-15-5-7-4-12-6(2)13-8(7)14-9(10)11;/h4H,3,5H2,1-2H3,(H4,10,11,12,13,14);1H4. The summed E-state index contributed by atoms with van der Waals surface area (Å²) in [5, 5.41) is 0. The summed E-state index contributed by atoms with van der Waals surface area (Å²) in [5.41, 5.74) is 11.4. The van der Waals surface area contributed by atoms with Crippen LogP contribution in [0.25, 0.3) is 0 Å². The lowest BCUT2D eigenvalue weighted by Gasteiger charge is -2.05. The predicted molar refractivity (Wildman–Crippen MR) is 64.3 cm³/mol. The third-order valence-electron chi connectivity index (χ3n) is 1.66. The van der Waals surface area contributed by atoms with Gasteiger partial charge < -0.3 is 16.2 Å². The van der Waals surface area contributed by atoms with Crippen molar-refractivity contribution in [2.45, 2.75) is 27.9 Å². The quantitative estimate of drug-likeness (QED) is 0.585. The van der Waals surface area contributed by atoms with Crippen LogP contribution in [0.1, 0.15) is 25.7 Å². The van der Waals surface area contributed by atoms with Gasteiger partial charge in [-0.25, -0.2) is 9.97 Å². The van der Waals surface area contributed by atoms with Gasteiger partial charge in [-0.15, -0.1) is 0 Å². The van der Waals surface area contributed by atoms with Crippen molar-refractivity contribution in [1.29, 1.82) is 0 Å². The summed E-state index contributed by atoms with van der Waals surface area (Å²) < 4.78 is 5.25. The molecule has 1 heterocycles. The molecule has 0 aliphatic carbocycles. The van der Waals surface area contributed by atoms with E-state index in [1.807, 2.05) is 6.92 Å². The minimum absolute atomic E-state index is 0. The molecule has 0 aromatic carbocycles. The van der Waals surface area contributed by atoms with Crippen molar-refractivity contribution in [3.8, 4) is 0 Å². The first-order valence-corrected chi connectivity index (χ1v) is 4.63. The number of hydrogen-bond donors (Lipinski definition) is 2. The summed E-state index contributed by atoms with van der Waals surface area (Å²) in [6.07, 6.45) is 1.67. The third-order valence-corrected chi connectivity index (χ3v) is 1.66. The highest BCUT2D eigenvalue weighted by molar-refractivity contribution is 5.78. The van der Waals surface area contributed by atoms with Gasteiger partial charge in [-0.05, 0) is 13.8 Å². The van der Waals surface area contributed by atoms with E-state index in [1.165, 1.54) is 0 Å². The van der Waals surface area contributed by atoms with Crippen LogP contribution in [0.3, 0.4) is 0 Å². The zero-order valence-corrected chi connectivity index (χ0v) is 8.90. The second kappa shape index (κ2) is 6.73. The van der Waals surface area contributed by atoms with Crippen molar-refractivity contribution in [1.82, 2.24) is 9.97 Å². The molecular formula is C10H19N5O. The molecule has 0 saturated heterocycles. The Balaban J connectivity index is 0.00000225. The summed E-state index contributed by atoms with van der Waals surface area (Å²) in [4.78, 5) is 12.1. The van der Waals surface area contributed by atoms with Gasteiger partial charge in [-0.2, -0.15) is 4.99 Å². The highest BCUT2D eigenvalue weighted by Crippen LogP contribution is 2.15. The van der Waals surface area contributed by atoms with Crippen molar-refractivity contribution in [3.63, 3.8) is 0 Å². The van der Waals surface area contributed by atoms with Crippen LogP contribution in [0.2, 0.25) is 0 Å². The van der Waals surface area contributed by atoms with Crippen LogP contribution in [-0.4, -0.2) is 22.5 Å². The van der Waals surface area contributed by atoms with Gasteiger partial charge in [0.25, 0.3) is 0 Å². The summed E-state index contributed by atoms with van der Waals surface area (Å²) in [7, 11) is 0. The smallest absolute Gasteiger partial charge is 0.192 e. The predicted octanol–water partition coefficient (Wildman–Crippen LogP) is 0.863. The molecule has 90 valence electrons. The number of nitrogens with zero attached hydrogens (tertiary/aromatic N) is 3. The average molecular weight is 225 g/mol. The first-order chi connectivity index (χ1) is 7.13. The van der Waals surface area contributed by atoms with E-state index in [2.05, 4.69) is 15.0 Å². The zero-order valence-electron chi connectivity index (χ0n) is 8.90. The van der Waals surface area contributed by atoms with Crippen LogP contribution in [0, 0.1) is 6.92 Å². The second-order valence-electron chi connectivity index (χ2n) is 2.94. The molecule has 1 rings (SSSR count). The number of aryl methyl sites for hydroxylation is 1. The Kier molecular flexibility index (Phi) is 6.02. The number of hydrogen-bond acceptors (Lipinski definition) is 4. The number of aromatic nitrogens is 2. The normalized spacial score (nSPS) is 9.38. The van der Waals surface area contributed by atoms with Gasteiger partial charge in [0.2, 0.25) is 0 Å². The van der Waals surface area contributed by atoms with Crippen molar-refractivity contribution in [2.24, 2.45) is 16.5 Å². The molecule has 0 spiro atoms. The van der Waals surface area contributed by atoms with Gasteiger partial charge in [-0.3, -0.25) is 0 Å². The topological polar surface area (TPSA) is 99.4 Å². The fourth-order valence-corrected chi connectivity index (χ4v) is 1.02. The molecule has 4 N–H and O–H groups in total. The Morgan fingerprint density at radius 1 is 1.50 bits per heavy atom. The largest absolute Gasteiger partial charge is 0.377 e. The lowest BCUT2D eigenvalue weighted by atomic mass is 10.3. The minimum Gasteiger partial charge on any atom is -0.377 e. The maximum Gasteiger partial charge on any atom is 0.192 e.